The second kappa shape index (κ2) is 3.35. The number of rotatable bonds is 2. The smallest absolute Gasteiger partial charge is 0.0817 e. The summed E-state index contributed by atoms with van der Waals surface area (Å²) < 4.78 is 0. The molecule has 1 aromatic carbocycles. The maximum atomic E-state index is 5.26. The number of fused-ring (bicyclic) bond motifs is 1. The molecule has 0 amide bonds. The van der Waals surface area contributed by atoms with Crippen molar-refractivity contribution in [3.63, 3.8) is 0 Å². The number of anilines is 1. The summed E-state index contributed by atoms with van der Waals surface area (Å²) >= 11 is 1.85. The van der Waals surface area contributed by atoms with Crippen LogP contribution in [0.5, 0.6) is 0 Å². The molecular weight excluding hydrogens is 170 g/mol. The summed E-state index contributed by atoms with van der Waals surface area (Å²) in [6.07, 6.45) is 0. The molecule has 0 aromatic heterocycles. The van der Waals surface area contributed by atoms with Gasteiger partial charge in [-0.2, -0.15) is 0 Å². The zero-order valence-corrected chi connectivity index (χ0v) is 7.47. The Balaban J connectivity index is 2.24. The first-order valence-electron chi connectivity index (χ1n) is 3.82. The monoisotopic (exact) mass is 181 g/mol. The fraction of sp³-hybridized carbons (Fsp3) is 0.250. The van der Waals surface area contributed by atoms with Crippen LogP contribution in [0.15, 0.2) is 29.2 Å². The van der Waals surface area contributed by atoms with Crippen molar-refractivity contribution in [1.29, 1.82) is 0 Å². The zero-order valence-electron chi connectivity index (χ0n) is 6.66. The quantitative estimate of drug-likeness (QED) is 0.527. The van der Waals surface area contributed by atoms with E-state index in [4.69, 9.17) is 5.84 Å². The van der Waals surface area contributed by atoms with E-state index in [2.05, 4.69) is 28.5 Å². The van der Waals surface area contributed by atoms with E-state index in [-0.39, 0.29) is 0 Å². The summed E-state index contributed by atoms with van der Waals surface area (Å²) in [6.45, 7) is 0.712. The third-order valence-corrected chi connectivity index (χ3v) is 2.96. The van der Waals surface area contributed by atoms with Crippen LogP contribution in [0.2, 0.25) is 0 Å². The Kier molecular flexibility index (Phi) is 2.21. The van der Waals surface area contributed by atoms with Crippen molar-refractivity contribution >= 4 is 17.4 Å². The van der Waals surface area contributed by atoms with Gasteiger partial charge in [0.25, 0.3) is 0 Å². The van der Waals surface area contributed by atoms with Crippen LogP contribution in [0, 0.1) is 0 Å². The van der Waals surface area contributed by atoms with Gasteiger partial charge in [-0.15, -0.1) is 11.8 Å². The Labute approximate surface area is 75.9 Å². The molecule has 64 valence electrons. The van der Waals surface area contributed by atoms with Gasteiger partial charge in [-0.25, -0.2) is 5.43 Å². The molecule has 0 radical (unpaired) electrons. The van der Waals surface area contributed by atoms with E-state index in [9.17, 15) is 0 Å². The van der Waals surface area contributed by atoms with Gasteiger partial charge >= 0.3 is 0 Å². The van der Waals surface area contributed by atoms with Crippen LogP contribution in [0.3, 0.4) is 0 Å². The molecule has 0 unspecified atom stereocenters. The minimum atomic E-state index is 0.712. The Hall–Kier alpha value is -0.710. The molecule has 1 aromatic rings. The van der Waals surface area contributed by atoms with E-state index >= 15 is 0 Å². The Morgan fingerprint density at radius 1 is 1.50 bits per heavy atom. The van der Waals surface area contributed by atoms with E-state index in [1.54, 1.807) is 0 Å². The number of nitrogens with zero attached hydrogens (tertiary/aromatic N) is 1. The van der Waals surface area contributed by atoms with Crippen LogP contribution in [0.4, 0.5) is 5.69 Å². The highest BCUT2D eigenvalue weighted by atomic mass is 32.2. The van der Waals surface area contributed by atoms with Crippen molar-refractivity contribution < 1.29 is 0 Å². The van der Waals surface area contributed by atoms with E-state index in [0.717, 1.165) is 5.88 Å². The minimum absolute atomic E-state index is 0.712. The van der Waals surface area contributed by atoms with Crippen molar-refractivity contribution in [2.45, 2.75) is 4.90 Å². The Morgan fingerprint density at radius 2 is 2.33 bits per heavy atom. The standard InChI is InChI=1S/C8H11N3S/c9-10-5-11-6-12-8-4-2-1-3-7(8)11/h1-4,10H,5-6,9H2. The summed E-state index contributed by atoms with van der Waals surface area (Å²) in [6, 6.07) is 8.36. The van der Waals surface area contributed by atoms with Gasteiger partial charge in [0.15, 0.2) is 0 Å². The first-order valence-corrected chi connectivity index (χ1v) is 4.80. The SMILES string of the molecule is NNCN1CSc2ccccc21. The first kappa shape index (κ1) is 7.91. The van der Waals surface area contributed by atoms with Gasteiger partial charge in [-0.3, -0.25) is 5.84 Å². The number of hydrazine groups is 1. The van der Waals surface area contributed by atoms with E-state index < -0.39 is 0 Å². The summed E-state index contributed by atoms with van der Waals surface area (Å²) in [5.41, 5.74) is 3.94. The summed E-state index contributed by atoms with van der Waals surface area (Å²) in [5, 5.41) is 0. The lowest BCUT2D eigenvalue weighted by atomic mass is 10.3. The average molecular weight is 181 g/mol. The third kappa shape index (κ3) is 1.29. The van der Waals surface area contributed by atoms with Gasteiger partial charge in [-0.05, 0) is 12.1 Å². The van der Waals surface area contributed by atoms with Gasteiger partial charge in [0.2, 0.25) is 0 Å². The topological polar surface area (TPSA) is 41.3 Å². The van der Waals surface area contributed by atoms with Crippen LogP contribution in [0.1, 0.15) is 0 Å². The van der Waals surface area contributed by atoms with Crippen LogP contribution in [0.25, 0.3) is 0 Å². The average Bonchev–Trinajstić information content (AvgIpc) is 2.50. The van der Waals surface area contributed by atoms with Crippen LogP contribution < -0.4 is 16.2 Å². The van der Waals surface area contributed by atoms with Gasteiger partial charge in [-0.1, -0.05) is 12.1 Å². The van der Waals surface area contributed by atoms with E-state index in [0.29, 0.717) is 6.67 Å². The zero-order chi connectivity index (χ0) is 8.39. The fourth-order valence-corrected chi connectivity index (χ4v) is 2.34. The maximum absolute atomic E-state index is 5.26. The number of para-hydroxylation sites is 1. The summed E-state index contributed by atoms with van der Waals surface area (Å²) in [5.74, 6) is 6.25. The normalized spacial score (nSPS) is 14.9. The molecule has 4 heteroatoms. The van der Waals surface area contributed by atoms with Crippen molar-refractivity contribution in [3.8, 4) is 0 Å². The lowest BCUT2D eigenvalue weighted by molar-refractivity contribution is 0.713. The highest BCUT2D eigenvalue weighted by molar-refractivity contribution is 7.99. The number of hydrogen-bond acceptors (Lipinski definition) is 4. The Morgan fingerprint density at radius 3 is 3.17 bits per heavy atom. The molecule has 0 atom stereocenters. The molecule has 0 saturated carbocycles. The second-order valence-electron chi connectivity index (χ2n) is 2.64. The molecule has 3 nitrogen and oxygen atoms in total. The lowest BCUT2D eigenvalue weighted by Crippen LogP contribution is -2.36. The van der Waals surface area contributed by atoms with Crippen LogP contribution in [-0.4, -0.2) is 12.5 Å². The highest BCUT2D eigenvalue weighted by Crippen LogP contribution is 2.37. The summed E-state index contributed by atoms with van der Waals surface area (Å²) in [4.78, 5) is 3.55. The fourth-order valence-electron chi connectivity index (χ4n) is 1.30. The lowest BCUT2D eigenvalue weighted by Gasteiger charge is -2.16. The van der Waals surface area contributed by atoms with Gasteiger partial charge in [0, 0.05) is 4.90 Å². The molecule has 2 rings (SSSR count). The van der Waals surface area contributed by atoms with Crippen molar-refractivity contribution in [1.82, 2.24) is 5.43 Å². The molecule has 1 heterocycles. The van der Waals surface area contributed by atoms with Gasteiger partial charge in [0.05, 0.1) is 18.2 Å². The molecule has 0 aliphatic carbocycles. The maximum Gasteiger partial charge on any atom is 0.0817 e. The number of thioether (sulfide) groups is 1. The molecule has 1 aliphatic heterocycles. The van der Waals surface area contributed by atoms with E-state index in [1.807, 2.05) is 17.8 Å². The van der Waals surface area contributed by atoms with Crippen molar-refractivity contribution in [2.24, 2.45) is 5.84 Å². The number of nitrogens with two attached hydrogens (primary N) is 1. The second-order valence-corrected chi connectivity index (χ2v) is 3.63. The van der Waals surface area contributed by atoms with E-state index in [1.165, 1.54) is 10.6 Å². The third-order valence-electron chi connectivity index (χ3n) is 1.86. The number of nitrogens with one attached hydrogen (secondary N) is 1. The predicted octanol–water partition coefficient (Wildman–Crippen LogP) is 0.977. The van der Waals surface area contributed by atoms with Gasteiger partial charge in [0.1, 0.15) is 0 Å². The predicted molar refractivity (Wildman–Crippen MR) is 51.8 cm³/mol. The minimum Gasteiger partial charge on any atom is -0.347 e. The summed E-state index contributed by atoms with van der Waals surface area (Å²) in [7, 11) is 0. The molecule has 1 aliphatic rings. The first-order chi connectivity index (χ1) is 5.92. The highest BCUT2D eigenvalue weighted by Gasteiger charge is 2.17. The molecule has 3 N–H and O–H groups in total. The molecule has 0 saturated heterocycles. The van der Waals surface area contributed by atoms with Crippen LogP contribution >= 0.6 is 11.8 Å². The molecular formula is C8H11N3S. The largest absolute Gasteiger partial charge is 0.347 e. The van der Waals surface area contributed by atoms with Crippen molar-refractivity contribution in [3.05, 3.63) is 24.3 Å². The molecule has 0 spiro atoms. The number of hydrogen-bond donors (Lipinski definition) is 2. The molecule has 0 fully saturated rings. The molecule has 0 bridgehead atoms. The number of benzene rings is 1. The van der Waals surface area contributed by atoms with Crippen molar-refractivity contribution in [2.75, 3.05) is 17.4 Å². The Bertz CT molecular complexity index is 275. The van der Waals surface area contributed by atoms with Crippen LogP contribution in [-0.2, 0) is 0 Å². The van der Waals surface area contributed by atoms with Gasteiger partial charge < -0.3 is 4.90 Å². The molecule has 12 heavy (non-hydrogen) atoms.